The summed E-state index contributed by atoms with van der Waals surface area (Å²) in [5.74, 6) is -0.833. The topological polar surface area (TPSA) is 57.5 Å². The van der Waals surface area contributed by atoms with Crippen molar-refractivity contribution >= 4 is 5.97 Å². The maximum atomic E-state index is 9.00. The first-order valence-electron chi connectivity index (χ1n) is 3.51. The minimum absolute atomic E-state index is 0. The van der Waals surface area contributed by atoms with E-state index >= 15 is 0 Å². The van der Waals surface area contributed by atoms with Crippen molar-refractivity contribution in [2.45, 2.75) is 21.0 Å². The van der Waals surface area contributed by atoms with E-state index in [0.717, 1.165) is 12.5 Å². The minimum Gasteiger partial charge on any atom is -0.481 e. The van der Waals surface area contributed by atoms with E-state index in [1.807, 2.05) is 30.3 Å². The minimum atomic E-state index is -0.833. The van der Waals surface area contributed by atoms with Gasteiger partial charge in [-0.1, -0.05) is 37.8 Å². The van der Waals surface area contributed by atoms with Gasteiger partial charge in [0.05, 0.1) is 6.61 Å². The highest BCUT2D eigenvalue weighted by molar-refractivity contribution is 5.62. The third-order valence-electron chi connectivity index (χ3n) is 1.03. The highest BCUT2D eigenvalue weighted by atomic mass is 16.4. The highest BCUT2D eigenvalue weighted by Crippen LogP contribution is 1.95. The van der Waals surface area contributed by atoms with E-state index < -0.39 is 5.97 Å². The normalized spacial score (nSPS) is 7.54. The lowest BCUT2D eigenvalue weighted by Crippen LogP contribution is -1.78. The van der Waals surface area contributed by atoms with Crippen molar-refractivity contribution in [3.63, 3.8) is 0 Å². The van der Waals surface area contributed by atoms with Crippen molar-refractivity contribution in [1.29, 1.82) is 0 Å². The molecule has 1 aromatic carbocycles. The lowest BCUT2D eigenvalue weighted by molar-refractivity contribution is -0.134. The first kappa shape index (κ1) is 14.2. The Bertz CT molecular complexity index is 215. The molecule has 0 spiro atoms. The van der Waals surface area contributed by atoms with Gasteiger partial charge in [0, 0.05) is 6.92 Å². The summed E-state index contributed by atoms with van der Waals surface area (Å²) < 4.78 is 0. The van der Waals surface area contributed by atoms with Gasteiger partial charge in [-0.15, -0.1) is 0 Å². The summed E-state index contributed by atoms with van der Waals surface area (Å²) in [6.07, 6.45) is 0. The molecule has 0 aliphatic carbocycles. The second-order valence-electron chi connectivity index (χ2n) is 2.16. The lowest BCUT2D eigenvalue weighted by atomic mass is 10.2. The van der Waals surface area contributed by atoms with Gasteiger partial charge in [0.25, 0.3) is 5.97 Å². The molecule has 0 unspecified atom stereocenters. The first-order valence-corrected chi connectivity index (χ1v) is 3.51. The average molecular weight is 184 g/mol. The number of carbonyl (C=O) groups is 1. The molecule has 74 valence electrons. The van der Waals surface area contributed by atoms with E-state index in [1.54, 1.807) is 0 Å². The Labute approximate surface area is 78.7 Å². The van der Waals surface area contributed by atoms with E-state index in [0.29, 0.717) is 0 Å². The molecule has 0 aliphatic heterocycles. The van der Waals surface area contributed by atoms with Gasteiger partial charge in [-0.25, -0.2) is 0 Å². The molecule has 1 aromatic rings. The van der Waals surface area contributed by atoms with Crippen LogP contribution < -0.4 is 0 Å². The number of hydrogen-bond acceptors (Lipinski definition) is 2. The fourth-order valence-corrected chi connectivity index (χ4v) is 0.583. The molecule has 1 rings (SSSR count). The highest BCUT2D eigenvalue weighted by Gasteiger charge is 1.81. The molecule has 0 amide bonds. The van der Waals surface area contributed by atoms with Crippen LogP contribution in [0.1, 0.15) is 19.9 Å². The van der Waals surface area contributed by atoms with Crippen LogP contribution >= 0.6 is 0 Å². The second kappa shape index (κ2) is 8.74. The average Bonchev–Trinajstić information content (AvgIpc) is 2.05. The maximum absolute atomic E-state index is 9.00. The fourth-order valence-electron chi connectivity index (χ4n) is 0.583. The van der Waals surface area contributed by atoms with Gasteiger partial charge in [0.1, 0.15) is 0 Å². The molecule has 0 bridgehead atoms. The number of aliphatic hydroxyl groups excluding tert-OH is 1. The Kier molecular flexibility index (Phi) is 9.54. The number of benzene rings is 1. The standard InChI is InChI=1S/C7H8O.C2H4O2.CH4/c8-6-7-4-2-1-3-5-7;1-2(3)4;/h1-5,8H,6H2;1H3,(H,3,4);1H4. The van der Waals surface area contributed by atoms with E-state index in [4.69, 9.17) is 15.0 Å². The third kappa shape index (κ3) is 10.7. The molecule has 0 radical (unpaired) electrons. The summed E-state index contributed by atoms with van der Waals surface area (Å²) in [5, 5.41) is 16.0. The molecule has 2 N–H and O–H groups in total. The number of hydrogen-bond donors (Lipinski definition) is 2. The summed E-state index contributed by atoms with van der Waals surface area (Å²) in [5.41, 5.74) is 0.965. The molecule has 0 saturated carbocycles. The molecule has 0 aliphatic rings. The van der Waals surface area contributed by atoms with E-state index in [9.17, 15) is 0 Å². The molecular weight excluding hydrogens is 168 g/mol. The summed E-state index contributed by atoms with van der Waals surface area (Å²) >= 11 is 0. The molecule has 0 atom stereocenters. The lowest BCUT2D eigenvalue weighted by Gasteiger charge is -1.89. The van der Waals surface area contributed by atoms with Crippen LogP contribution in [0.15, 0.2) is 30.3 Å². The predicted molar refractivity (Wildman–Crippen MR) is 52.4 cm³/mol. The summed E-state index contributed by atoms with van der Waals surface area (Å²) in [7, 11) is 0. The molecule has 3 heteroatoms. The van der Waals surface area contributed by atoms with Crippen molar-refractivity contribution in [3.8, 4) is 0 Å². The van der Waals surface area contributed by atoms with E-state index in [-0.39, 0.29) is 14.0 Å². The van der Waals surface area contributed by atoms with Gasteiger partial charge in [0.2, 0.25) is 0 Å². The summed E-state index contributed by atoms with van der Waals surface area (Å²) in [6, 6.07) is 9.52. The van der Waals surface area contributed by atoms with Crippen molar-refractivity contribution in [3.05, 3.63) is 35.9 Å². The zero-order chi connectivity index (χ0) is 9.40. The third-order valence-corrected chi connectivity index (χ3v) is 1.03. The molecule has 3 nitrogen and oxygen atoms in total. The van der Waals surface area contributed by atoms with Crippen LogP contribution in [-0.2, 0) is 11.4 Å². The molecule has 0 saturated heterocycles. The number of rotatable bonds is 1. The number of aliphatic hydroxyl groups is 1. The van der Waals surface area contributed by atoms with Gasteiger partial charge < -0.3 is 10.2 Å². The van der Waals surface area contributed by atoms with E-state index in [1.165, 1.54) is 0 Å². The monoisotopic (exact) mass is 184 g/mol. The zero-order valence-electron chi connectivity index (χ0n) is 6.90. The van der Waals surface area contributed by atoms with Gasteiger partial charge in [-0.3, -0.25) is 4.79 Å². The van der Waals surface area contributed by atoms with Crippen LogP contribution in [-0.4, -0.2) is 16.2 Å². The number of carboxylic acid groups (broad SMARTS) is 1. The van der Waals surface area contributed by atoms with Crippen LogP contribution in [0.3, 0.4) is 0 Å². The summed E-state index contributed by atoms with van der Waals surface area (Å²) in [6.45, 7) is 1.22. The van der Waals surface area contributed by atoms with Crippen molar-refractivity contribution < 1.29 is 15.0 Å². The van der Waals surface area contributed by atoms with Gasteiger partial charge in [-0.2, -0.15) is 0 Å². The number of aliphatic carboxylic acids is 1. The van der Waals surface area contributed by atoms with Crippen molar-refractivity contribution in [2.24, 2.45) is 0 Å². The van der Waals surface area contributed by atoms with Gasteiger partial charge >= 0.3 is 0 Å². The second-order valence-corrected chi connectivity index (χ2v) is 2.16. The Hall–Kier alpha value is -1.35. The Morgan fingerprint density at radius 1 is 1.31 bits per heavy atom. The maximum Gasteiger partial charge on any atom is 0.300 e. The molecule has 0 aromatic heterocycles. The van der Waals surface area contributed by atoms with Crippen LogP contribution in [0.5, 0.6) is 0 Å². The van der Waals surface area contributed by atoms with Crippen LogP contribution in [0, 0.1) is 0 Å². The van der Waals surface area contributed by atoms with Crippen LogP contribution in [0.4, 0.5) is 0 Å². The zero-order valence-corrected chi connectivity index (χ0v) is 6.90. The quantitative estimate of drug-likeness (QED) is 0.700. The molecule has 13 heavy (non-hydrogen) atoms. The predicted octanol–water partition coefficient (Wildman–Crippen LogP) is 1.91. The summed E-state index contributed by atoms with van der Waals surface area (Å²) in [4.78, 5) is 9.00. The Morgan fingerprint density at radius 3 is 1.92 bits per heavy atom. The van der Waals surface area contributed by atoms with Crippen LogP contribution in [0.2, 0.25) is 0 Å². The van der Waals surface area contributed by atoms with E-state index in [2.05, 4.69) is 0 Å². The van der Waals surface area contributed by atoms with Crippen molar-refractivity contribution in [2.75, 3.05) is 0 Å². The van der Waals surface area contributed by atoms with Gasteiger partial charge in [-0.05, 0) is 5.56 Å². The molecule has 0 heterocycles. The molecule has 0 fully saturated rings. The van der Waals surface area contributed by atoms with Crippen LogP contribution in [0.25, 0.3) is 0 Å². The first-order chi connectivity index (χ1) is 5.66. The van der Waals surface area contributed by atoms with Gasteiger partial charge in [0.15, 0.2) is 0 Å². The fraction of sp³-hybridized carbons (Fsp3) is 0.300. The smallest absolute Gasteiger partial charge is 0.300 e. The Morgan fingerprint density at radius 2 is 1.69 bits per heavy atom. The van der Waals surface area contributed by atoms with Crippen molar-refractivity contribution in [1.82, 2.24) is 0 Å². The SMILES string of the molecule is C.CC(=O)O.OCc1ccccc1. The molecular formula is C10H16O3. The Balaban J connectivity index is 0. The number of carboxylic acids is 1. The largest absolute Gasteiger partial charge is 0.481 e.